The predicted octanol–water partition coefficient (Wildman–Crippen LogP) is 2.02. The molecule has 1 saturated heterocycles. The zero-order chi connectivity index (χ0) is 15.6. The van der Waals surface area contributed by atoms with Gasteiger partial charge in [-0.15, -0.1) is 0 Å². The van der Waals surface area contributed by atoms with Crippen molar-refractivity contribution in [2.24, 2.45) is 0 Å². The van der Waals surface area contributed by atoms with Crippen molar-refractivity contribution < 1.29 is 23.1 Å². The zero-order valence-corrected chi connectivity index (χ0v) is 11.6. The average molecular weight is 302 g/mol. The Morgan fingerprint density at radius 1 is 1.33 bits per heavy atom. The van der Waals surface area contributed by atoms with Crippen LogP contribution in [-0.2, 0) is 0 Å². The topological polar surface area (TPSA) is 52.6 Å². The van der Waals surface area contributed by atoms with Gasteiger partial charge in [-0.25, -0.2) is 8.78 Å². The van der Waals surface area contributed by atoms with Crippen LogP contribution in [0.4, 0.5) is 13.2 Å². The van der Waals surface area contributed by atoms with Crippen LogP contribution in [0.1, 0.15) is 30.1 Å². The molecule has 1 amide bonds. The fourth-order valence-electron chi connectivity index (χ4n) is 2.49. The molecule has 0 aliphatic carbocycles. The highest BCUT2D eigenvalue weighted by Crippen LogP contribution is 2.27. The Bertz CT molecular complexity index is 544. The summed E-state index contributed by atoms with van der Waals surface area (Å²) in [5.41, 5.74) is -0.645. The Balaban J connectivity index is 2.15. The lowest BCUT2D eigenvalue weighted by Gasteiger charge is -2.32. The van der Waals surface area contributed by atoms with E-state index in [4.69, 9.17) is 5.11 Å². The van der Waals surface area contributed by atoms with Gasteiger partial charge in [0.2, 0.25) is 5.82 Å². The van der Waals surface area contributed by atoms with Crippen molar-refractivity contribution in [3.8, 4) is 5.75 Å². The molecule has 1 heterocycles. The summed E-state index contributed by atoms with van der Waals surface area (Å²) in [4.78, 5) is 13.5. The molecule has 0 atom stereocenters. The molecule has 1 aliphatic rings. The van der Waals surface area contributed by atoms with E-state index in [1.165, 1.54) is 4.90 Å². The van der Waals surface area contributed by atoms with Gasteiger partial charge in [-0.2, -0.15) is 4.39 Å². The number of phenolic OH excluding ortho intramolecular Hbond substituents is 1. The highest BCUT2D eigenvalue weighted by Gasteiger charge is 2.28. The van der Waals surface area contributed by atoms with Gasteiger partial charge in [0.15, 0.2) is 17.4 Å². The Morgan fingerprint density at radius 3 is 2.52 bits per heavy atom. The van der Waals surface area contributed by atoms with Crippen molar-refractivity contribution in [2.75, 3.05) is 19.6 Å². The van der Waals surface area contributed by atoms with Crippen LogP contribution in [0.3, 0.4) is 0 Å². The van der Waals surface area contributed by atoms with Crippen molar-refractivity contribution in [3.05, 3.63) is 29.1 Å². The minimum Gasteiger partial charge on any atom is -0.503 e. The molecule has 0 radical (unpaired) electrons. The normalized spacial score (nSPS) is 16.3. The summed E-state index contributed by atoms with van der Waals surface area (Å²) < 4.78 is 40.0. The molecule has 0 saturated carbocycles. The molecule has 1 aromatic carbocycles. The number of benzene rings is 1. The quantitative estimate of drug-likeness (QED) is 0.840. The summed E-state index contributed by atoms with van der Waals surface area (Å²) in [6.45, 7) is 3.60. The van der Waals surface area contributed by atoms with E-state index in [1.54, 1.807) is 0 Å². The van der Waals surface area contributed by atoms with Gasteiger partial charge in [-0.1, -0.05) is 6.92 Å². The van der Waals surface area contributed by atoms with Crippen LogP contribution in [0, 0.1) is 17.5 Å². The number of hydrogen-bond donors (Lipinski definition) is 2. The lowest BCUT2D eigenvalue weighted by atomic mass is 10.0. The third-order valence-electron chi connectivity index (χ3n) is 3.64. The van der Waals surface area contributed by atoms with E-state index < -0.39 is 34.7 Å². The summed E-state index contributed by atoms with van der Waals surface area (Å²) in [6.07, 6.45) is 1.41. The van der Waals surface area contributed by atoms with E-state index in [9.17, 15) is 18.0 Å². The number of likely N-dealkylation sites (tertiary alicyclic amines) is 1. The van der Waals surface area contributed by atoms with Crippen molar-refractivity contribution in [1.29, 1.82) is 0 Å². The molecule has 0 spiro atoms. The van der Waals surface area contributed by atoms with Gasteiger partial charge >= 0.3 is 0 Å². The zero-order valence-electron chi connectivity index (χ0n) is 11.6. The molecular formula is C14H17F3N2O2. The highest BCUT2D eigenvalue weighted by molar-refractivity contribution is 5.95. The second kappa shape index (κ2) is 6.34. The van der Waals surface area contributed by atoms with Gasteiger partial charge in [0, 0.05) is 19.1 Å². The van der Waals surface area contributed by atoms with Gasteiger partial charge in [-0.05, 0) is 25.5 Å². The summed E-state index contributed by atoms with van der Waals surface area (Å²) in [6, 6.07) is 0.783. The Morgan fingerprint density at radius 2 is 1.95 bits per heavy atom. The highest BCUT2D eigenvalue weighted by atomic mass is 19.2. The van der Waals surface area contributed by atoms with Gasteiger partial charge in [-0.3, -0.25) is 4.79 Å². The van der Waals surface area contributed by atoms with Crippen LogP contribution in [0.5, 0.6) is 5.75 Å². The minimum absolute atomic E-state index is 0.294. The molecule has 0 bridgehead atoms. The molecule has 1 aliphatic heterocycles. The van der Waals surface area contributed by atoms with Crippen molar-refractivity contribution in [2.45, 2.75) is 25.8 Å². The number of piperidine rings is 1. The first-order valence-electron chi connectivity index (χ1n) is 6.84. The molecule has 1 fully saturated rings. The van der Waals surface area contributed by atoms with Crippen molar-refractivity contribution in [1.82, 2.24) is 10.2 Å². The first kappa shape index (κ1) is 15.6. The summed E-state index contributed by atoms with van der Waals surface area (Å²) in [5, 5.41) is 12.4. The molecular weight excluding hydrogens is 285 g/mol. The van der Waals surface area contributed by atoms with E-state index >= 15 is 0 Å². The summed E-state index contributed by atoms with van der Waals surface area (Å²) in [5.74, 6) is -6.75. The van der Waals surface area contributed by atoms with E-state index in [2.05, 4.69) is 5.32 Å². The lowest BCUT2D eigenvalue weighted by Crippen LogP contribution is -2.45. The first-order valence-corrected chi connectivity index (χ1v) is 6.84. The number of nitrogens with one attached hydrogen (secondary N) is 1. The van der Waals surface area contributed by atoms with Crippen LogP contribution in [0.25, 0.3) is 0 Å². The van der Waals surface area contributed by atoms with Gasteiger partial charge in [0.05, 0.1) is 5.56 Å². The number of rotatable bonds is 3. The number of carbonyl (C=O) groups is 1. The maximum Gasteiger partial charge on any atom is 0.257 e. The molecule has 21 heavy (non-hydrogen) atoms. The van der Waals surface area contributed by atoms with E-state index in [1.807, 2.05) is 6.92 Å². The molecule has 0 unspecified atom stereocenters. The smallest absolute Gasteiger partial charge is 0.257 e. The number of amides is 1. The van der Waals surface area contributed by atoms with Crippen LogP contribution in [-0.4, -0.2) is 41.6 Å². The fourth-order valence-corrected chi connectivity index (χ4v) is 2.49. The van der Waals surface area contributed by atoms with Gasteiger partial charge in [0.1, 0.15) is 0 Å². The Labute approximate surface area is 120 Å². The number of hydrogen-bond acceptors (Lipinski definition) is 3. The first-order chi connectivity index (χ1) is 9.95. The third-order valence-corrected chi connectivity index (χ3v) is 3.64. The third kappa shape index (κ3) is 3.12. The Kier molecular flexibility index (Phi) is 4.72. The fraction of sp³-hybridized carbons (Fsp3) is 0.500. The maximum absolute atomic E-state index is 13.7. The Hall–Kier alpha value is -1.76. The summed E-state index contributed by atoms with van der Waals surface area (Å²) in [7, 11) is 0. The van der Waals surface area contributed by atoms with E-state index in [0.717, 1.165) is 6.54 Å². The van der Waals surface area contributed by atoms with E-state index in [0.29, 0.717) is 38.0 Å². The number of aromatic hydroxyl groups is 1. The molecule has 0 aromatic heterocycles. The molecule has 4 nitrogen and oxygen atoms in total. The van der Waals surface area contributed by atoms with Crippen LogP contribution in [0.15, 0.2) is 6.07 Å². The van der Waals surface area contributed by atoms with Gasteiger partial charge in [0.25, 0.3) is 5.91 Å². The largest absolute Gasteiger partial charge is 0.503 e. The molecule has 2 N–H and O–H groups in total. The molecule has 7 heteroatoms. The standard InChI is InChI=1S/C14H17F3N2O2/c1-2-18-8-3-5-19(6-4-8)14(21)9-7-10(15)12(17)13(20)11(9)16/h7-8,18,20H,2-6H2,1H3. The predicted molar refractivity (Wildman–Crippen MR) is 70.6 cm³/mol. The summed E-state index contributed by atoms with van der Waals surface area (Å²) >= 11 is 0. The maximum atomic E-state index is 13.7. The molecule has 1 aromatic rings. The van der Waals surface area contributed by atoms with Gasteiger partial charge < -0.3 is 15.3 Å². The second-order valence-corrected chi connectivity index (χ2v) is 5.01. The lowest BCUT2D eigenvalue weighted by molar-refractivity contribution is 0.0699. The van der Waals surface area contributed by atoms with Crippen molar-refractivity contribution in [3.63, 3.8) is 0 Å². The number of nitrogens with zero attached hydrogens (tertiary/aromatic N) is 1. The molecule has 2 rings (SSSR count). The van der Waals surface area contributed by atoms with Crippen LogP contribution < -0.4 is 5.32 Å². The average Bonchev–Trinajstić information content (AvgIpc) is 2.49. The number of carbonyl (C=O) groups excluding carboxylic acids is 1. The van der Waals surface area contributed by atoms with Crippen molar-refractivity contribution >= 4 is 5.91 Å². The number of halogens is 3. The van der Waals surface area contributed by atoms with Crippen LogP contribution in [0.2, 0.25) is 0 Å². The minimum atomic E-state index is -1.69. The van der Waals surface area contributed by atoms with E-state index in [-0.39, 0.29) is 0 Å². The second-order valence-electron chi connectivity index (χ2n) is 5.01. The monoisotopic (exact) mass is 302 g/mol. The SMILES string of the molecule is CCNC1CCN(C(=O)c2cc(F)c(F)c(O)c2F)CC1. The molecule has 116 valence electrons. The van der Waals surface area contributed by atoms with Crippen LogP contribution >= 0.6 is 0 Å². The number of phenols is 1.